The van der Waals surface area contributed by atoms with Crippen molar-refractivity contribution in [2.45, 2.75) is 13.3 Å². The number of carbonyl (C=O) groups is 2. The predicted molar refractivity (Wildman–Crippen MR) is 98.1 cm³/mol. The second-order valence-corrected chi connectivity index (χ2v) is 7.24. The number of nitrogens with one attached hydrogen (secondary N) is 1. The number of hydrogen-bond donors (Lipinski definition) is 2. The van der Waals surface area contributed by atoms with Crippen LogP contribution in [0.25, 0.3) is 11.1 Å². The molecule has 1 amide bonds. The summed E-state index contributed by atoms with van der Waals surface area (Å²) in [4.78, 5) is 24.8. The quantitative estimate of drug-likeness (QED) is 0.698. The largest absolute Gasteiger partial charge is 0.478 e. The van der Waals surface area contributed by atoms with Gasteiger partial charge in [-0.2, -0.15) is 0 Å². The number of anilines is 1. The van der Waals surface area contributed by atoms with Crippen molar-refractivity contribution < 1.29 is 14.7 Å². The van der Waals surface area contributed by atoms with E-state index >= 15 is 0 Å². The van der Waals surface area contributed by atoms with Crippen molar-refractivity contribution in [3.63, 3.8) is 0 Å². The molecule has 3 aromatic rings. The SMILES string of the molecule is Cc1ccc(-c2csc(NC(=O)Cc3cccs3)c2C(=O)O)cc1. The van der Waals surface area contributed by atoms with Gasteiger partial charge in [0.15, 0.2) is 0 Å². The molecule has 6 heteroatoms. The zero-order chi connectivity index (χ0) is 17.1. The van der Waals surface area contributed by atoms with Gasteiger partial charge in [-0.15, -0.1) is 22.7 Å². The van der Waals surface area contributed by atoms with E-state index in [9.17, 15) is 14.7 Å². The number of carboxylic acid groups (broad SMARTS) is 1. The van der Waals surface area contributed by atoms with Gasteiger partial charge in [0.25, 0.3) is 0 Å². The number of rotatable bonds is 5. The van der Waals surface area contributed by atoms with Gasteiger partial charge in [-0.3, -0.25) is 4.79 Å². The summed E-state index contributed by atoms with van der Waals surface area (Å²) in [5, 5.41) is 16.4. The molecule has 122 valence electrons. The van der Waals surface area contributed by atoms with Gasteiger partial charge in [-0.1, -0.05) is 35.9 Å². The van der Waals surface area contributed by atoms with E-state index in [2.05, 4.69) is 5.32 Å². The molecule has 0 spiro atoms. The average Bonchev–Trinajstić information content (AvgIpc) is 3.17. The Morgan fingerprint density at radius 1 is 1.12 bits per heavy atom. The molecule has 1 aromatic carbocycles. The summed E-state index contributed by atoms with van der Waals surface area (Å²) in [6.45, 7) is 1.98. The van der Waals surface area contributed by atoms with E-state index in [1.54, 1.807) is 5.38 Å². The van der Waals surface area contributed by atoms with Gasteiger partial charge in [0.05, 0.1) is 6.42 Å². The molecule has 0 aliphatic heterocycles. The van der Waals surface area contributed by atoms with Crippen molar-refractivity contribution in [3.05, 3.63) is 63.2 Å². The topological polar surface area (TPSA) is 66.4 Å². The fourth-order valence-corrected chi connectivity index (χ4v) is 4.03. The molecular formula is C18H15NO3S2. The second-order valence-electron chi connectivity index (χ2n) is 5.33. The molecule has 0 fully saturated rings. The maximum atomic E-state index is 12.2. The Kier molecular flexibility index (Phi) is 4.78. The number of aryl methyl sites for hydroxylation is 1. The number of aromatic carboxylic acids is 1. The Labute approximate surface area is 147 Å². The highest BCUT2D eigenvalue weighted by Crippen LogP contribution is 2.35. The molecule has 2 heterocycles. The van der Waals surface area contributed by atoms with Crippen molar-refractivity contribution >= 4 is 39.6 Å². The lowest BCUT2D eigenvalue weighted by Gasteiger charge is -2.06. The van der Waals surface area contributed by atoms with Gasteiger partial charge >= 0.3 is 5.97 Å². The first-order chi connectivity index (χ1) is 11.5. The molecule has 0 aliphatic rings. The van der Waals surface area contributed by atoms with Gasteiger partial charge < -0.3 is 10.4 Å². The summed E-state index contributed by atoms with van der Waals surface area (Å²) in [6.07, 6.45) is 0.245. The van der Waals surface area contributed by atoms with Crippen molar-refractivity contribution in [2.24, 2.45) is 0 Å². The summed E-state index contributed by atoms with van der Waals surface area (Å²) in [5.41, 5.74) is 2.70. The van der Waals surface area contributed by atoms with Crippen LogP contribution in [-0.2, 0) is 11.2 Å². The van der Waals surface area contributed by atoms with Crippen LogP contribution in [0.1, 0.15) is 20.8 Å². The van der Waals surface area contributed by atoms with Crippen LogP contribution >= 0.6 is 22.7 Å². The predicted octanol–water partition coefficient (Wildman–Crippen LogP) is 4.66. The standard InChI is InChI=1S/C18H15NO3S2/c1-11-4-6-12(7-5-11)14-10-24-17(16(14)18(21)22)19-15(20)9-13-3-2-8-23-13/h2-8,10H,9H2,1H3,(H,19,20)(H,21,22). The number of hydrogen-bond acceptors (Lipinski definition) is 4. The highest BCUT2D eigenvalue weighted by Gasteiger charge is 2.21. The molecule has 0 atom stereocenters. The number of amides is 1. The van der Waals surface area contributed by atoms with E-state index in [4.69, 9.17) is 0 Å². The van der Waals surface area contributed by atoms with Gasteiger partial charge in [-0.25, -0.2) is 4.79 Å². The molecule has 0 saturated heterocycles. The molecule has 0 bridgehead atoms. The van der Waals surface area contributed by atoms with E-state index in [1.165, 1.54) is 22.7 Å². The van der Waals surface area contributed by atoms with Crippen LogP contribution in [0.5, 0.6) is 0 Å². The summed E-state index contributed by atoms with van der Waals surface area (Å²) < 4.78 is 0. The van der Waals surface area contributed by atoms with Gasteiger partial charge in [0, 0.05) is 15.8 Å². The Bertz CT molecular complexity index is 864. The van der Waals surface area contributed by atoms with Crippen molar-refractivity contribution in [1.29, 1.82) is 0 Å². The van der Waals surface area contributed by atoms with Crippen LogP contribution in [0.3, 0.4) is 0 Å². The zero-order valence-corrected chi connectivity index (χ0v) is 14.5. The fraction of sp³-hybridized carbons (Fsp3) is 0.111. The Balaban J connectivity index is 1.87. The third kappa shape index (κ3) is 3.55. The highest BCUT2D eigenvalue weighted by molar-refractivity contribution is 7.15. The fourth-order valence-electron chi connectivity index (χ4n) is 2.35. The molecule has 2 aromatic heterocycles. The Hall–Kier alpha value is -2.44. The third-order valence-corrected chi connectivity index (χ3v) is 5.31. The Morgan fingerprint density at radius 2 is 1.88 bits per heavy atom. The van der Waals surface area contributed by atoms with Gasteiger partial charge in [0.1, 0.15) is 10.6 Å². The maximum Gasteiger partial charge on any atom is 0.339 e. The van der Waals surface area contributed by atoms with Crippen molar-refractivity contribution in [1.82, 2.24) is 0 Å². The number of thiophene rings is 2. The van der Waals surface area contributed by atoms with Crippen LogP contribution in [0, 0.1) is 6.92 Å². The van der Waals surface area contributed by atoms with E-state index in [-0.39, 0.29) is 17.9 Å². The van der Waals surface area contributed by atoms with Crippen molar-refractivity contribution in [2.75, 3.05) is 5.32 Å². The monoisotopic (exact) mass is 357 g/mol. The van der Waals surface area contributed by atoms with E-state index < -0.39 is 5.97 Å². The van der Waals surface area contributed by atoms with Crippen LogP contribution < -0.4 is 5.32 Å². The summed E-state index contributed by atoms with van der Waals surface area (Å²) in [7, 11) is 0. The minimum absolute atomic E-state index is 0.142. The minimum atomic E-state index is -1.04. The molecular weight excluding hydrogens is 342 g/mol. The van der Waals surface area contributed by atoms with Crippen LogP contribution in [0.15, 0.2) is 47.2 Å². The third-order valence-electron chi connectivity index (χ3n) is 3.54. The first kappa shape index (κ1) is 16.4. The molecule has 24 heavy (non-hydrogen) atoms. The number of benzene rings is 1. The zero-order valence-electron chi connectivity index (χ0n) is 12.9. The molecule has 0 radical (unpaired) electrons. The van der Waals surface area contributed by atoms with Gasteiger partial charge in [0.2, 0.25) is 5.91 Å². The molecule has 2 N–H and O–H groups in total. The molecule has 3 rings (SSSR count). The first-order valence-corrected chi connectivity index (χ1v) is 9.04. The summed E-state index contributed by atoms with van der Waals surface area (Å²) in [5.74, 6) is -1.25. The van der Waals surface area contributed by atoms with Crippen LogP contribution in [0.2, 0.25) is 0 Å². The smallest absolute Gasteiger partial charge is 0.339 e. The summed E-state index contributed by atoms with van der Waals surface area (Å²) >= 11 is 2.74. The maximum absolute atomic E-state index is 12.2. The lowest BCUT2D eigenvalue weighted by atomic mass is 10.0. The van der Waals surface area contributed by atoms with Crippen molar-refractivity contribution in [3.8, 4) is 11.1 Å². The number of carboxylic acids is 1. The average molecular weight is 357 g/mol. The van der Waals surface area contributed by atoms with Gasteiger partial charge in [-0.05, 0) is 23.9 Å². The Morgan fingerprint density at radius 3 is 2.50 bits per heavy atom. The highest BCUT2D eigenvalue weighted by atomic mass is 32.1. The lowest BCUT2D eigenvalue weighted by molar-refractivity contribution is -0.115. The normalized spacial score (nSPS) is 10.5. The number of carbonyl (C=O) groups excluding carboxylic acids is 1. The molecule has 0 unspecified atom stereocenters. The molecule has 4 nitrogen and oxygen atoms in total. The first-order valence-electron chi connectivity index (χ1n) is 7.28. The van der Waals surface area contributed by atoms with E-state index in [1.807, 2.05) is 48.7 Å². The second kappa shape index (κ2) is 6.98. The summed E-state index contributed by atoms with van der Waals surface area (Å²) in [6, 6.07) is 11.4. The minimum Gasteiger partial charge on any atom is -0.478 e. The lowest BCUT2D eigenvalue weighted by Crippen LogP contribution is -2.15. The van der Waals surface area contributed by atoms with E-state index in [0.29, 0.717) is 10.6 Å². The van der Waals surface area contributed by atoms with Crippen LogP contribution in [-0.4, -0.2) is 17.0 Å². The van der Waals surface area contributed by atoms with Crippen LogP contribution in [0.4, 0.5) is 5.00 Å². The molecule has 0 aliphatic carbocycles. The molecule has 0 saturated carbocycles. The van der Waals surface area contributed by atoms with E-state index in [0.717, 1.165) is 16.0 Å².